The molecule has 0 N–H and O–H groups in total. The van der Waals surface area contributed by atoms with E-state index in [0.29, 0.717) is 0 Å². The van der Waals surface area contributed by atoms with Gasteiger partial charge in [-0.15, -0.1) is 46.4 Å². The lowest BCUT2D eigenvalue weighted by atomic mass is 10.1. The first kappa shape index (κ1) is 14.4. The molecule has 0 bridgehead atoms. The summed E-state index contributed by atoms with van der Waals surface area (Å²) in [4.78, 5) is -0.569. The van der Waals surface area contributed by atoms with Crippen molar-refractivity contribution in [3.63, 3.8) is 0 Å². The van der Waals surface area contributed by atoms with Crippen LogP contribution in [0.15, 0.2) is 24.3 Å². The van der Waals surface area contributed by atoms with Crippen molar-refractivity contribution in [2.75, 3.05) is 0 Å². The lowest BCUT2D eigenvalue weighted by Gasteiger charge is -2.05. The summed E-state index contributed by atoms with van der Waals surface area (Å²) in [6.07, 6.45) is 3.39. The molecule has 0 unspecified atom stereocenters. The molecule has 0 nitrogen and oxygen atoms in total. The number of halogens is 4. The lowest BCUT2D eigenvalue weighted by Crippen LogP contribution is -1.94. The molecular formula is C12H14Cl4. The van der Waals surface area contributed by atoms with E-state index in [0.717, 1.165) is 25.7 Å². The largest absolute Gasteiger partial charge is 0.108 e. The Morgan fingerprint density at radius 1 is 0.688 bits per heavy atom. The minimum atomic E-state index is -0.284. The summed E-state index contributed by atoms with van der Waals surface area (Å²) in [5.74, 6) is 0. The lowest BCUT2D eigenvalue weighted by molar-refractivity contribution is 0.877. The predicted molar refractivity (Wildman–Crippen MR) is 74.1 cm³/mol. The standard InChI is InChI=1S/C12H14Cl4/c13-11(14)7-5-9-1-2-10(4-3-9)6-8-12(15)16/h1-4,11-12H,5-8H2. The van der Waals surface area contributed by atoms with E-state index in [2.05, 4.69) is 24.3 Å². The van der Waals surface area contributed by atoms with Crippen molar-refractivity contribution in [3.05, 3.63) is 35.4 Å². The van der Waals surface area contributed by atoms with Gasteiger partial charge in [-0.3, -0.25) is 0 Å². The van der Waals surface area contributed by atoms with Gasteiger partial charge >= 0.3 is 0 Å². The second kappa shape index (κ2) is 7.66. The minimum absolute atomic E-state index is 0.284. The molecule has 0 saturated heterocycles. The van der Waals surface area contributed by atoms with Gasteiger partial charge < -0.3 is 0 Å². The Balaban J connectivity index is 2.41. The Morgan fingerprint density at radius 2 is 1.00 bits per heavy atom. The number of alkyl halides is 4. The topological polar surface area (TPSA) is 0 Å². The molecule has 0 aliphatic carbocycles. The van der Waals surface area contributed by atoms with E-state index in [4.69, 9.17) is 46.4 Å². The average molecular weight is 300 g/mol. The highest BCUT2D eigenvalue weighted by atomic mass is 35.5. The van der Waals surface area contributed by atoms with Crippen LogP contribution >= 0.6 is 46.4 Å². The maximum Gasteiger partial charge on any atom is 0.108 e. The van der Waals surface area contributed by atoms with Crippen LogP contribution in [0.25, 0.3) is 0 Å². The summed E-state index contributed by atoms with van der Waals surface area (Å²) in [6.45, 7) is 0. The predicted octanol–water partition coefficient (Wildman–Crippen LogP) is 5.16. The summed E-state index contributed by atoms with van der Waals surface area (Å²) < 4.78 is 0. The summed E-state index contributed by atoms with van der Waals surface area (Å²) in [7, 11) is 0. The normalized spacial score (nSPS) is 11.4. The smallest absolute Gasteiger partial charge is 0.105 e. The third kappa shape index (κ3) is 6.20. The molecule has 1 aromatic carbocycles. The molecule has 1 rings (SSSR count). The molecule has 0 heterocycles. The van der Waals surface area contributed by atoms with Crippen LogP contribution < -0.4 is 0 Å². The number of rotatable bonds is 6. The SMILES string of the molecule is ClC(Cl)CCc1ccc(CCC(Cl)Cl)cc1. The number of aryl methyl sites for hydroxylation is 2. The Labute approximate surface area is 117 Å². The first-order valence-electron chi connectivity index (χ1n) is 5.22. The molecule has 0 amide bonds. The molecule has 0 aliphatic heterocycles. The molecule has 0 atom stereocenters. The van der Waals surface area contributed by atoms with E-state index in [1.54, 1.807) is 0 Å². The van der Waals surface area contributed by atoms with Gasteiger partial charge in [-0.2, -0.15) is 0 Å². The van der Waals surface area contributed by atoms with E-state index < -0.39 is 0 Å². The molecule has 0 aromatic heterocycles. The first-order chi connectivity index (χ1) is 7.58. The van der Waals surface area contributed by atoms with Crippen molar-refractivity contribution < 1.29 is 0 Å². The zero-order valence-electron chi connectivity index (χ0n) is 8.80. The van der Waals surface area contributed by atoms with Gasteiger partial charge in [0.25, 0.3) is 0 Å². The second-order valence-corrected chi connectivity index (χ2v) is 6.23. The molecule has 1 aromatic rings. The van der Waals surface area contributed by atoms with Gasteiger partial charge in [-0.1, -0.05) is 24.3 Å². The zero-order valence-corrected chi connectivity index (χ0v) is 11.8. The monoisotopic (exact) mass is 298 g/mol. The van der Waals surface area contributed by atoms with Crippen LogP contribution in [0.1, 0.15) is 24.0 Å². The molecule has 0 aliphatic rings. The Bertz CT molecular complexity index is 261. The number of hydrogen-bond donors (Lipinski definition) is 0. The molecule has 0 spiro atoms. The maximum absolute atomic E-state index is 5.68. The minimum Gasteiger partial charge on any atom is -0.105 e. The first-order valence-corrected chi connectivity index (χ1v) is 6.96. The van der Waals surface area contributed by atoms with Gasteiger partial charge in [0.05, 0.1) is 0 Å². The third-order valence-corrected chi connectivity index (χ3v) is 3.20. The highest BCUT2D eigenvalue weighted by molar-refractivity contribution is 6.44. The molecule has 0 fully saturated rings. The fraction of sp³-hybridized carbons (Fsp3) is 0.500. The Morgan fingerprint density at radius 3 is 1.25 bits per heavy atom. The van der Waals surface area contributed by atoms with Crippen molar-refractivity contribution in [2.45, 2.75) is 35.4 Å². The van der Waals surface area contributed by atoms with Crippen LogP contribution in [0.5, 0.6) is 0 Å². The van der Waals surface area contributed by atoms with E-state index in [9.17, 15) is 0 Å². The van der Waals surface area contributed by atoms with Crippen LogP contribution in [-0.2, 0) is 12.8 Å². The van der Waals surface area contributed by atoms with Crippen LogP contribution in [0.3, 0.4) is 0 Å². The zero-order chi connectivity index (χ0) is 12.0. The van der Waals surface area contributed by atoms with Gasteiger partial charge in [0.1, 0.15) is 9.67 Å². The van der Waals surface area contributed by atoms with Crippen LogP contribution in [-0.4, -0.2) is 9.67 Å². The molecule has 0 radical (unpaired) electrons. The molecule has 90 valence electrons. The van der Waals surface area contributed by atoms with Crippen molar-refractivity contribution in [2.24, 2.45) is 0 Å². The quantitative estimate of drug-likeness (QED) is 0.637. The average Bonchev–Trinajstić information content (AvgIpc) is 2.25. The number of hydrogen-bond acceptors (Lipinski definition) is 0. The Hall–Kier alpha value is 0.380. The van der Waals surface area contributed by atoms with Crippen LogP contribution in [0, 0.1) is 0 Å². The van der Waals surface area contributed by atoms with Gasteiger partial charge in [0.15, 0.2) is 0 Å². The molecule has 0 saturated carbocycles. The second-order valence-electron chi connectivity index (χ2n) is 3.68. The fourth-order valence-corrected chi connectivity index (χ4v) is 1.86. The van der Waals surface area contributed by atoms with Gasteiger partial charge in [0.2, 0.25) is 0 Å². The highest BCUT2D eigenvalue weighted by Crippen LogP contribution is 2.15. The van der Waals surface area contributed by atoms with Gasteiger partial charge in [-0.25, -0.2) is 0 Å². The van der Waals surface area contributed by atoms with Gasteiger partial charge in [0, 0.05) is 0 Å². The van der Waals surface area contributed by atoms with E-state index >= 15 is 0 Å². The summed E-state index contributed by atoms with van der Waals surface area (Å²) in [5, 5.41) is 0. The van der Waals surface area contributed by atoms with E-state index in [1.807, 2.05) is 0 Å². The molecular weight excluding hydrogens is 286 g/mol. The van der Waals surface area contributed by atoms with Crippen LogP contribution in [0.2, 0.25) is 0 Å². The van der Waals surface area contributed by atoms with Crippen molar-refractivity contribution >= 4 is 46.4 Å². The van der Waals surface area contributed by atoms with Crippen molar-refractivity contribution in [1.82, 2.24) is 0 Å². The highest BCUT2D eigenvalue weighted by Gasteiger charge is 2.02. The fourth-order valence-electron chi connectivity index (χ4n) is 1.42. The van der Waals surface area contributed by atoms with E-state index in [-0.39, 0.29) is 9.67 Å². The van der Waals surface area contributed by atoms with Crippen molar-refractivity contribution in [3.8, 4) is 0 Å². The molecule has 16 heavy (non-hydrogen) atoms. The summed E-state index contributed by atoms with van der Waals surface area (Å²) >= 11 is 22.7. The Kier molecular flexibility index (Phi) is 6.91. The van der Waals surface area contributed by atoms with Crippen LogP contribution in [0.4, 0.5) is 0 Å². The number of benzene rings is 1. The summed E-state index contributed by atoms with van der Waals surface area (Å²) in [5.41, 5.74) is 2.51. The van der Waals surface area contributed by atoms with E-state index in [1.165, 1.54) is 11.1 Å². The van der Waals surface area contributed by atoms with Gasteiger partial charge in [-0.05, 0) is 36.8 Å². The summed E-state index contributed by atoms with van der Waals surface area (Å²) in [6, 6.07) is 8.40. The van der Waals surface area contributed by atoms with Crippen molar-refractivity contribution in [1.29, 1.82) is 0 Å². The maximum atomic E-state index is 5.68. The third-order valence-electron chi connectivity index (χ3n) is 2.33. The molecule has 4 heteroatoms.